The molecule has 1 aromatic heterocycles. The van der Waals surface area contributed by atoms with E-state index < -0.39 is 5.41 Å². The Balaban J connectivity index is 1.12. The molecule has 0 bridgehead atoms. The first kappa shape index (κ1) is 36.3. The summed E-state index contributed by atoms with van der Waals surface area (Å²) in [5.41, 5.74) is 28.9. The first-order chi connectivity index (χ1) is 28.5. The average Bonchev–Trinajstić information content (AvgIpc) is 3.77. The van der Waals surface area contributed by atoms with Crippen molar-refractivity contribution >= 4 is 21.8 Å². The summed E-state index contributed by atoms with van der Waals surface area (Å²) < 4.78 is 2.50. The van der Waals surface area contributed by atoms with Gasteiger partial charge in [0.2, 0.25) is 0 Å². The molecule has 0 saturated heterocycles. The van der Waals surface area contributed by atoms with Gasteiger partial charge in [-0.25, -0.2) is 5.43 Å². The van der Waals surface area contributed by atoms with Crippen LogP contribution in [-0.2, 0) is 5.41 Å². The van der Waals surface area contributed by atoms with Crippen LogP contribution in [0.4, 0.5) is 0 Å². The number of hydrazine groups is 1. The molecule has 0 spiro atoms. The highest BCUT2D eigenvalue weighted by Gasteiger charge is 2.48. The van der Waals surface area contributed by atoms with Crippen molar-refractivity contribution in [3.8, 4) is 16.8 Å². The minimum Gasteiger partial charge on any atom is -0.322 e. The van der Waals surface area contributed by atoms with Crippen molar-refractivity contribution in [3.63, 3.8) is 0 Å². The van der Waals surface area contributed by atoms with Gasteiger partial charge >= 0.3 is 0 Å². The smallest absolute Gasteiger partial charge is 0.0734 e. The summed E-state index contributed by atoms with van der Waals surface area (Å²) in [6.45, 7) is 5.33. The van der Waals surface area contributed by atoms with Crippen molar-refractivity contribution < 1.29 is 0 Å². The highest BCUT2D eigenvalue weighted by molar-refractivity contribution is 6.13. The molecule has 3 unspecified atom stereocenters. The summed E-state index contributed by atoms with van der Waals surface area (Å²) >= 11 is 0. The number of nitrogens with two attached hydrogens (primary N) is 1. The van der Waals surface area contributed by atoms with Gasteiger partial charge < -0.3 is 10.3 Å². The van der Waals surface area contributed by atoms with E-state index in [1.54, 1.807) is 0 Å². The highest BCUT2D eigenvalue weighted by atomic mass is 15.4. The second kappa shape index (κ2) is 15.0. The zero-order chi connectivity index (χ0) is 39.2. The van der Waals surface area contributed by atoms with E-state index in [9.17, 15) is 0 Å². The molecule has 1 heterocycles. The first-order valence-electron chi connectivity index (χ1n) is 20.9. The van der Waals surface area contributed by atoms with Gasteiger partial charge in [-0.2, -0.15) is 0 Å². The molecular formula is C54H50N4. The third-order valence-corrected chi connectivity index (χ3v) is 12.7. The summed E-state index contributed by atoms with van der Waals surface area (Å²) in [5.74, 6) is 1.02. The van der Waals surface area contributed by atoms with Gasteiger partial charge in [-0.1, -0.05) is 183 Å². The Labute approximate surface area is 342 Å². The minimum absolute atomic E-state index is 0.102. The Morgan fingerprint density at radius 1 is 0.724 bits per heavy atom. The largest absolute Gasteiger partial charge is 0.322 e. The topological polar surface area (TPSA) is 55.0 Å². The quantitative estimate of drug-likeness (QED) is 0.122. The van der Waals surface area contributed by atoms with Gasteiger partial charge in [0.25, 0.3) is 0 Å². The van der Waals surface area contributed by atoms with Gasteiger partial charge in [0.1, 0.15) is 0 Å². The maximum atomic E-state index is 7.28. The number of nitrogens with one attached hydrogen (secondary N) is 2. The third kappa shape index (κ3) is 6.03. The number of para-hydroxylation sites is 1. The van der Waals surface area contributed by atoms with Crippen molar-refractivity contribution in [1.29, 1.82) is 0 Å². The van der Waals surface area contributed by atoms with Crippen molar-refractivity contribution in [2.45, 2.75) is 44.2 Å². The zero-order valence-electron chi connectivity index (χ0n) is 33.3. The molecule has 0 amide bonds. The van der Waals surface area contributed by atoms with Crippen LogP contribution >= 0.6 is 0 Å². The van der Waals surface area contributed by atoms with Crippen LogP contribution in [0, 0.1) is 11.8 Å². The van der Waals surface area contributed by atoms with Crippen molar-refractivity contribution in [3.05, 3.63) is 221 Å². The van der Waals surface area contributed by atoms with Crippen LogP contribution in [0.2, 0.25) is 0 Å². The van der Waals surface area contributed by atoms with Crippen LogP contribution in [0.3, 0.4) is 0 Å². The molecule has 6 aromatic carbocycles. The lowest BCUT2D eigenvalue weighted by Gasteiger charge is -2.34. The number of benzene rings is 6. The molecule has 4 nitrogen and oxygen atoms in total. The van der Waals surface area contributed by atoms with Crippen LogP contribution in [0.25, 0.3) is 38.6 Å². The number of allylic oxidation sites excluding steroid dienone is 5. The van der Waals surface area contributed by atoms with E-state index in [-0.39, 0.29) is 12.1 Å². The maximum Gasteiger partial charge on any atom is 0.0734 e. The third-order valence-electron chi connectivity index (χ3n) is 12.7. The van der Waals surface area contributed by atoms with Gasteiger partial charge in [0.15, 0.2) is 0 Å². The molecule has 10 rings (SSSR count). The molecule has 4 N–H and O–H groups in total. The van der Waals surface area contributed by atoms with Crippen LogP contribution in [0.1, 0.15) is 60.5 Å². The van der Waals surface area contributed by atoms with E-state index in [0.29, 0.717) is 11.8 Å². The number of hydrogen-bond acceptors (Lipinski definition) is 3. The van der Waals surface area contributed by atoms with Crippen molar-refractivity contribution in [2.24, 2.45) is 17.6 Å². The summed E-state index contributed by atoms with van der Waals surface area (Å²) in [5, 5.41) is 2.49. The Morgan fingerprint density at radius 2 is 1.43 bits per heavy atom. The SMILES string of the molecule is CC1C=C(C(NNCC2=CC=CC(C)C2)[C@@H](N)c2ccc(-n3c4ccccc4c4ccc5c(c43)C(c3ccccc3)(c3ccccc3)c3ccccc3-5)cc2)C=CC1. The standard InChI is InChI=1S/C54H50N4/c1-36-15-13-17-38(33-36)35-56-57-52(40-18-14-16-37(2)34-40)51(55)39-27-29-43(30-28-39)58-49-26-12-10-24-45(49)47-32-31-46-44-23-9-11-25-48(44)54(50(46)53(47)58,41-19-5-3-6-20-41)42-21-7-4-8-22-42/h3-15,17-32,34,36-37,51-52,56-57H,16,33,35,55H2,1-2H3/t36?,37?,51-,52?/m0/s1. The van der Waals surface area contributed by atoms with Crippen LogP contribution in [0.15, 0.2) is 193 Å². The average molecular weight is 755 g/mol. The Kier molecular flexibility index (Phi) is 9.42. The zero-order valence-corrected chi connectivity index (χ0v) is 33.3. The number of aromatic nitrogens is 1. The lowest BCUT2D eigenvalue weighted by Crippen LogP contribution is -2.48. The van der Waals surface area contributed by atoms with Crippen molar-refractivity contribution in [2.75, 3.05) is 6.54 Å². The molecule has 4 heteroatoms. The predicted octanol–water partition coefficient (Wildman–Crippen LogP) is 11.7. The highest BCUT2D eigenvalue weighted by Crippen LogP contribution is 2.59. The van der Waals surface area contributed by atoms with Gasteiger partial charge in [0, 0.05) is 28.6 Å². The lowest BCUT2D eigenvalue weighted by atomic mass is 9.67. The van der Waals surface area contributed by atoms with E-state index in [1.165, 1.54) is 66.3 Å². The fourth-order valence-electron chi connectivity index (χ4n) is 10.1. The second-order valence-corrected chi connectivity index (χ2v) is 16.5. The molecule has 4 atom stereocenters. The maximum absolute atomic E-state index is 7.28. The molecule has 0 fully saturated rings. The molecule has 3 aliphatic rings. The van der Waals surface area contributed by atoms with Crippen LogP contribution in [-0.4, -0.2) is 17.2 Å². The summed E-state index contributed by atoms with van der Waals surface area (Å²) in [6, 6.07) is 53.4. The molecule has 286 valence electrons. The lowest BCUT2D eigenvalue weighted by molar-refractivity contribution is 0.425. The number of hydrogen-bond donors (Lipinski definition) is 3. The van der Waals surface area contributed by atoms with E-state index in [1.807, 2.05) is 0 Å². The summed E-state index contributed by atoms with van der Waals surface area (Å²) in [7, 11) is 0. The first-order valence-corrected chi connectivity index (χ1v) is 20.9. The Bertz CT molecular complexity index is 2710. The van der Waals surface area contributed by atoms with Crippen LogP contribution in [0.5, 0.6) is 0 Å². The van der Waals surface area contributed by atoms with Gasteiger partial charge in [0.05, 0.1) is 28.5 Å². The molecule has 3 aliphatic carbocycles. The molecule has 0 radical (unpaired) electrons. The van der Waals surface area contributed by atoms with Gasteiger partial charge in [-0.3, -0.25) is 5.43 Å². The molecular weight excluding hydrogens is 705 g/mol. The second-order valence-electron chi connectivity index (χ2n) is 16.5. The Hall–Kier alpha value is -6.04. The fraction of sp³-hybridized carbons (Fsp3) is 0.185. The minimum atomic E-state index is -0.533. The van der Waals surface area contributed by atoms with E-state index in [0.717, 1.165) is 30.6 Å². The monoisotopic (exact) mass is 754 g/mol. The van der Waals surface area contributed by atoms with Crippen LogP contribution < -0.4 is 16.6 Å². The number of rotatable bonds is 10. The molecule has 0 saturated carbocycles. The summed E-state index contributed by atoms with van der Waals surface area (Å²) in [4.78, 5) is 0. The van der Waals surface area contributed by atoms with E-state index in [4.69, 9.17) is 5.73 Å². The normalized spacial score (nSPS) is 19.1. The fourth-order valence-corrected chi connectivity index (χ4v) is 10.1. The molecule has 7 aromatic rings. The number of nitrogens with zero attached hydrogens (tertiary/aromatic N) is 1. The van der Waals surface area contributed by atoms with E-state index in [2.05, 4.69) is 211 Å². The van der Waals surface area contributed by atoms with Gasteiger partial charge in [-0.05, 0) is 81.8 Å². The van der Waals surface area contributed by atoms with Crippen molar-refractivity contribution in [1.82, 2.24) is 15.4 Å². The number of fused-ring (bicyclic) bond motifs is 7. The molecule has 58 heavy (non-hydrogen) atoms. The van der Waals surface area contributed by atoms with Gasteiger partial charge in [-0.15, -0.1) is 0 Å². The predicted molar refractivity (Wildman–Crippen MR) is 242 cm³/mol. The summed E-state index contributed by atoms with van der Waals surface area (Å²) in [6.07, 6.45) is 15.7. The molecule has 0 aliphatic heterocycles. The Morgan fingerprint density at radius 3 is 2.17 bits per heavy atom. The van der Waals surface area contributed by atoms with E-state index >= 15 is 0 Å².